The molecule has 1 saturated heterocycles. The van der Waals surface area contributed by atoms with Gasteiger partial charge in [0, 0.05) is 6.20 Å². The molecule has 0 radical (unpaired) electrons. The Hall–Kier alpha value is -3.75. The molecular weight excluding hydrogens is 372 g/mol. The lowest BCUT2D eigenvalue weighted by molar-refractivity contribution is -0.134. The molecule has 0 saturated carbocycles. The van der Waals surface area contributed by atoms with Crippen LogP contribution < -0.4 is 10.6 Å². The molecule has 1 atom stereocenters. The molecule has 1 aliphatic rings. The van der Waals surface area contributed by atoms with Gasteiger partial charge in [0.2, 0.25) is 5.91 Å². The van der Waals surface area contributed by atoms with Gasteiger partial charge in [0.1, 0.15) is 12.1 Å². The zero-order valence-corrected chi connectivity index (χ0v) is 16.0. The lowest BCUT2D eigenvalue weighted by Crippen LogP contribution is -2.43. The number of rotatable bonds is 5. The number of imide groups is 1. The summed E-state index contributed by atoms with van der Waals surface area (Å²) in [6.45, 7) is 3.33. The summed E-state index contributed by atoms with van der Waals surface area (Å²) < 4.78 is 1.75. The van der Waals surface area contributed by atoms with E-state index in [2.05, 4.69) is 20.8 Å². The van der Waals surface area contributed by atoms with Crippen molar-refractivity contribution in [1.82, 2.24) is 30.1 Å². The molecule has 9 heteroatoms. The monoisotopic (exact) mass is 392 g/mol. The summed E-state index contributed by atoms with van der Waals surface area (Å²) in [7, 11) is 0. The largest absolute Gasteiger partial charge is 0.347 e. The summed E-state index contributed by atoms with van der Waals surface area (Å²) >= 11 is 0. The minimum atomic E-state index is -1.20. The Balaban J connectivity index is 1.43. The summed E-state index contributed by atoms with van der Waals surface area (Å²) in [6.07, 6.45) is 1.79. The van der Waals surface area contributed by atoms with E-state index in [4.69, 9.17) is 0 Å². The first-order valence-corrected chi connectivity index (χ1v) is 9.15. The van der Waals surface area contributed by atoms with Gasteiger partial charge in [-0.2, -0.15) is 0 Å². The molecule has 4 amide bonds. The Morgan fingerprint density at radius 1 is 1.14 bits per heavy atom. The van der Waals surface area contributed by atoms with Crippen LogP contribution in [-0.4, -0.2) is 43.9 Å². The van der Waals surface area contributed by atoms with Gasteiger partial charge < -0.3 is 10.6 Å². The van der Waals surface area contributed by atoms with Gasteiger partial charge >= 0.3 is 6.03 Å². The van der Waals surface area contributed by atoms with Crippen molar-refractivity contribution < 1.29 is 14.4 Å². The topological polar surface area (TPSA) is 109 Å². The van der Waals surface area contributed by atoms with Gasteiger partial charge in [0.25, 0.3) is 5.91 Å². The van der Waals surface area contributed by atoms with E-state index in [1.165, 1.54) is 0 Å². The first-order chi connectivity index (χ1) is 13.9. The zero-order chi connectivity index (χ0) is 20.6. The van der Waals surface area contributed by atoms with Crippen LogP contribution in [0.3, 0.4) is 0 Å². The Morgan fingerprint density at radius 2 is 1.90 bits per heavy atom. The number of pyridine rings is 1. The van der Waals surface area contributed by atoms with Crippen LogP contribution in [0.15, 0.2) is 48.7 Å². The van der Waals surface area contributed by atoms with Crippen molar-refractivity contribution in [2.75, 3.05) is 6.54 Å². The van der Waals surface area contributed by atoms with Crippen molar-refractivity contribution in [1.29, 1.82) is 0 Å². The molecule has 3 heterocycles. The Kier molecular flexibility index (Phi) is 4.50. The summed E-state index contributed by atoms with van der Waals surface area (Å²) in [5, 5.41) is 13.4. The molecule has 2 N–H and O–H groups in total. The predicted octanol–water partition coefficient (Wildman–Crippen LogP) is 1.12. The second kappa shape index (κ2) is 7.01. The van der Waals surface area contributed by atoms with Crippen LogP contribution in [0.1, 0.15) is 23.9 Å². The van der Waals surface area contributed by atoms with E-state index in [0.29, 0.717) is 17.0 Å². The minimum Gasteiger partial charge on any atom is -0.347 e. The highest BCUT2D eigenvalue weighted by molar-refractivity contribution is 6.09. The average Bonchev–Trinajstić information content (AvgIpc) is 3.21. The number of urea groups is 1. The molecule has 0 aliphatic carbocycles. The highest BCUT2D eigenvalue weighted by Crippen LogP contribution is 2.28. The molecule has 1 unspecified atom stereocenters. The average molecular weight is 392 g/mol. The molecule has 9 nitrogen and oxygen atoms in total. The Morgan fingerprint density at radius 3 is 2.66 bits per heavy atom. The van der Waals surface area contributed by atoms with Crippen molar-refractivity contribution in [2.24, 2.45) is 0 Å². The molecule has 148 valence electrons. The van der Waals surface area contributed by atoms with Crippen LogP contribution in [-0.2, 0) is 21.7 Å². The van der Waals surface area contributed by atoms with Gasteiger partial charge in [-0.15, -0.1) is 10.2 Å². The highest BCUT2D eigenvalue weighted by atomic mass is 16.2. The van der Waals surface area contributed by atoms with E-state index in [-0.39, 0.29) is 13.1 Å². The lowest BCUT2D eigenvalue weighted by atomic mass is 9.91. The van der Waals surface area contributed by atoms with Crippen molar-refractivity contribution in [3.8, 4) is 0 Å². The molecule has 0 bridgehead atoms. The predicted molar refractivity (Wildman–Crippen MR) is 104 cm³/mol. The number of carbonyl (C=O) groups excluding carboxylic acids is 3. The number of carbonyl (C=O) groups is 3. The van der Waals surface area contributed by atoms with E-state index >= 15 is 0 Å². The summed E-state index contributed by atoms with van der Waals surface area (Å²) in [6, 6.07) is 12.2. The fourth-order valence-corrected chi connectivity index (χ4v) is 3.31. The minimum absolute atomic E-state index is 0.128. The molecule has 2 aromatic heterocycles. The number of hydrogen-bond donors (Lipinski definition) is 2. The molecule has 1 aliphatic heterocycles. The van der Waals surface area contributed by atoms with Crippen LogP contribution in [0, 0.1) is 6.92 Å². The first kappa shape index (κ1) is 18.6. The summed E-state index contributed by atoms with van der Waals surface area (Å²) in [4.78, 5) is 38.6. The fraction of sp³-hybridized carbons (Fsp3) is 0.250. The summed E-state index contributed by atoms with van der Waals surface area (Å²) in [5.74, 6) is -0.376. The van der Waals surface area contributed by atoms with Crippen molar-refractivity contribution in [3.63, 3.8) is 0 Å². The Bertz CT molecular complexity index is 1110. The number of fused-ring (bicyclic) bond motifs is 1. The van der Waals surface area contributed by atoms with Gasteiger partial charge in [-0.1, -0.05) is 35.9 Å². The molecule has 1 aromatic carbocycles. The molecule has 3 aromatic rings. The highest BCUT2D eigenvalue weighted by Gasteiger charge is 2.49. The van der Waals surface area contributed by atoms with Crippen LogP contribution in [0.4, 0.5) is 4.79 Å². The van der Waals surface area contributed by atoms with E-state index in [1.54, 1.807) is 35.7 Å². The molecular formula is C20H20N6O3. The maximum atomic E-state index is 12.9. The number of nitrogens with one attached hydrogen (secondary N) is 2. The van der Waals surface area contributed by atoms with Gasteiger partial charge in [-0.3, -0.25) is 18.9 Å². The number of hydrogen-bond acceptors (Lipinski definition) is 5. The number of nitrogens with zero attached hydrogens (tertiary/aromatic N) is 4. The van der Waals surface area contributed by atoms with Gasteiger partial charge in [0.15, 0.2) is 11.5 Å². The quantitative estimate of drug-likeness (QED) is 0.633. The zero-order valence-electron chi connectivity index (χ0n) is 16.0. The fourth-order valence-electron chi connectivity index (χ4n) is 3.31. The van der Waals surface area contributed by atoms with Crippen LogP contribution in [0.2, 0.25) is 0 Å². The van der Waals surface area contributed by atoms with Crippen molar-refractivity contribution in [3.05, 3.63) is 65.6 Å². The number of aromatic nitrogens is 3. The van der Waals surface area contributed by atoms with E-state index in [1.807, 2.05) is 31.2 Å². The standard InChI is InChI=1S/C20H20N6O3/c1-13-6-8-14(9-7-13)20(2)18(28)26(19(29)22-20)12-17(27)21-11-16-24-23-15-5-3-4-10-25(15)16/h3-10H,11-12H2,1-2H3,(H,21,27)(H,22,29). The maximum absolute atomic E-state index is 12.9. The van der Waals surface area contributed by atoms with E-state index < -0.39 is 23.4 Å². The van der Waals surface area contributed by atoms with Crippen molar-refractivity contribution in [2.45, 2.75) is 25.9 Å². The van der Waals surface area contributed by atoms with E-state index in [0.717, 1.165) is 10.5 Å². The first-order valence-electron chi connectivity index (χ1n) is 9.15. The van der Waals surface area contributed by atoms with E-state index in [9.17, 15) is 14.4 Å². The number of aryl methyl sites for hydroxylation is 1. The normalized spacial score (nSPS) is 18.9. The van der Waals surface area contributed by atoms with Gasteiger partial charge in [0.05, 0.1) is 6.54 Å². The molecule has 1 fully saturated rings. The molecule has 4 rings (SSSR count). The molecule has 0 spiro atoms. The smallest absolute Gasteiger partial charge is 0.325 e. The maximum Gasteiger partial charge on any atom is 0.325 e. The number of benzene rings is 1. The van der Waals surface area contributed by atoms with Crippen LogP contribution >= 0.6 is 0 Å². The second-order valence-corrected chi connectivity index (χ2v) is 7.13. The molecule has 29 heavy (non-hydrogen) atoms. The van der Waals surface area contributed by atoms with Crippen LogP contribution in [0.25, 0.3) is 5.65 Å². The SMILES string of the molecule is Cc1ccc(C2(C)NC(=O)N(CC(=O)NCc3nnc4ccccn34)C2=O)cc1. The van der Waals surface area contributed by atoms with Gasteiger partial charge in [-0.05, 0) is 31.5 Å². The third-order valence-electron chi connectivity index (χ3n) is 5.03. The third-order valence-corrected chi connectivity index (χ3v) is 5.03. The summed E-state index contributed by atoms with van der Waals surface area (Å²) in [5.41, 5.74) is 1.18. The third kappa shape index (κ3) is 3.31. The lowest BCUT2D eigenvalue weighted by Gasteiger charge is -2.22. The van der Waals surface area contributed by atoms with Gasteiger partial charge in [-0.25, -0.2) is 4.79 Å². The van der Waals surface area contributed by atoms with Crippen molar-refractivity contribution >= 4 is 23.5 Å². The van der Waals surface area contributed by atoms with Crippen LogP contribution in [0.5, 0.6) is 0 Å². The second-order valence-electron chi connectivity index (χ2n) is 7.13. The number of amides is 4. The Labute approximate surface area is 166 Å².